The number of hydrogen-bond donors (Lipinski definition) is 0. The first kappa shape index (κ1) is 23.0. The Morgan fingerprint density at radius 2 is 1.74 bits per heavy atom. The molecule has 3 amide bonds. The second kappa shape index (κ2) is 8.97. The minimum absolute atomic E-state index is 0.0517. The molecule has 1 aliphatic carbocycles. The van der Waals surface area contributed by atoms with Crippen molar-refractivity contribution in [2.45, 2.75) is 19.8 Å². The van der Waals surface area contributed by atoms with E-state index in [-0.39, 0.29) is 11.1 Å². The fourth-order valence-corrected chi connectivity index (χ4v) is 4.31. The molecule has 1 heterocycles. The van der Waals surface area contributed by atoms with Crippen LogP contribution in [-0.2, 0) is 9.59 Å². The number of halogens is 1. The Morgan fingerprint density at radius 3 is 2.41 bits per heavy atom. The number of rotatable bonds is 6. The van der Waals surface area contributed by atoms with Crippen molar-refractivity contribution in [1.29, 1.82) is 0 Å². The number of hydrazine groups is 1. The van der Waals surface area contributed by atoms with Crippen LogP contribution in [0.4, 0.5) is 10.1 Å². The van der Waals surface area contributed by atoms with Crippen LogP contribution in [0, 0.1) is 27.8 Å². The first-order valence-electron chi connectivity index (χ1n) is 10.6. The van der Waals surface area contributed by atoms with Gasteiger partial charge < -0.3 is 0 Å². The van der Waals surface area contributed by atoms with Crippen LogP contribution in [0.5, 0.6) is 0 Å². The van der Waals surface area contributed by atoms with E-state index in [2.05, 4.69) is 0 Å². The number of nitrogens with zero attached hydrogens (tertiary/aromatic N) is 3. The number of hydrogen-bond acceptors (Lipinski definition) is 6. The van der Waals surface area contributed by atoms with Crippen LogP contribution in [-0.4, -0.2) is 45.0 Å². The van der Waals surface area contributed by atoms with Gasteiger partial charge in [-0.1, -0.05) is 23.8 Å². The molecule has 2 atom stereocenters. The lowest BCUT2D eigenvalue weighted by molar-refractivity contribution is -0.385. The molecule has 4 rings (SSSR count). The Hall–Kier alpha value is -4.21. The molecule has 0 N–H and O–H groups in total. The van der Waals surface area contributed by atoms with E-state index >= 15 is 0 Å². The highest BCUT2D eigenvalue weighted by atomic mass is 19.1. The highest BCUT2D eigenvalue weighted by Crippen LogP contribution is 2.39. The lowest BCUT2D eigenvalue weighted by atomic mass is 9.82. The molecule has 1 aliphatic heterocycles. The molecule has 0 radical (unpaired) electrons. The number of imide groups is 1. The molecule has 9 nitrogen and oxygen atoms in total. The first-order valence-corrected chi connectivity index (χ1v) is 10.6. The van der Waals surface area contributed by atoms with Gasteiger partial charge in [0.2, 0.25) is 0 Å². The molecule has 0 aromatic heterocycles. The highest BCUT2D eigenvalue weighted by molar-refractivity contribution is 6.10. The quantitative estimate of drug-likeness (QED) is 0.212. The molecule has 1 saturated heterocycles. The topological polar surface area (TPSA) is 118 Å². The van der Waals surface area contributed by atoms with Crippen molar-refractivity contribution in [2.24, 2.45) is 11.8 Å². The van der Waals surface area contributed by atoms with E-state index in [1.165, 1.54) is 30.3 Å². The van der Waals surface area contributed by atoms with Crippen molar-refractivity contribution in [3.05, 3.63) is 87.2 Å². The third-order valence-corrected chi connectivity index (χ3v) is 6.07. The smallest absolute Gasteiger partial charge is 0.282 e. The number of benzene rings is 2. The number of allylic oxidation sites excluding steroid dienone is 2. The van der Waals surface area contributed by atoms with Crippen molar-refractivity contribution >= 4 is 29.2 Å². The maximum Gasteiger partial charge on any atom is 0.282 e. The minimum atomic E-state index is -1.03. The zero-order valence-electron chi connectivity index (χ0n) is 18.1. The second-order valence-corrected chi connectivity index (χ2v) is 8.26. The van der Waals surface area contributed by atoms with Crippen molar-refractivity contribution in [2.75, 3.05) is 6.54 Å². The lowest BCUT2D eigenvalue weighted by Gasteiger charge is -2.30. The molecule has 174 valence electrons. The number of nitro groups is 1. The van der Waals surface area contributed by atoms with Gasteiger partial charge in [0, 0.05) is 11.6 Å². The van der Waals surface area contributed by atoms with Crippen LogP contribution in [0.15, 0.2) is 60.2 Å². The van der Waals surface area contributed by atoms with Crippen molar-refractivity contribution in [1.82, 2.24) is 10.0 Å². The fraction of sp³-hybridized carbons (Fsp3) is 0.250. The van der Waals surface area contributed by atoms with Crippen LogP contribution < -0.4 is 0 Å². The van der Waals surface area contributed by atoms with Gasteiger partial charge in [-0.05, 0) is 50.1 Å². The third-order valence-electron chi connectivity index (χ3n) is 6.07. The van der Waals surface area contributed by atoms with Gasteiger partial charge >= 0.3 is 0 Å². The molecule has 0 unspecified atom stereocenters. The summed E-state index contributed by atoms with van der Waals surface area (Å²) in [6.07, 6.45) is 2.51. The number of carbonyl (C=O) groups is 4. The molecule has 2 aromatic carbocycles. The van der Waals surface area contributed by atoms with E-state index in [0.717, 1.165) is 23.8 Å². The van der Waals surface area contributed by atoms with E-state index in [9.17, 15) is 33.7 Å². The van der Waals surface area contributed by atoms with Crippen LogP contribution in [0.3, 0.4) is 0 Å². The number of amides is 3. The molecular formula is C24H20FN3O6. The summed E-state index contributed by atoms with van der Waals surface area (Å²) in [4.78, 5) is 63.6. The zero-order chi connectivity index (χ0) is 24.6. The van der Waals surface area contributed by atoms with Crippen LogP contribution >= 0.6 is 0 Å². The number of nitro benzene ring substituents is 1. The van der Waals surface area contributed by atoms with Gasteiger partial charge in [0.1, 0.15) is 17.9 Å². The number of Topliss-reactive ketones (excluding diaryl/α,β-unsaturated/α-hetero) is 1. The average molecular weight is 465 g/mol. The molecular weight excluding hydrogens is 445 g/mol. The summed E-state index contributed by atoms with van der Waals surface area (Å²) >= 11 is 0. The van der Waals surface area contributed by atoms with E-state index < -0.39 is 58.3 Å². The summed E-state index contributed by atoms with van der Waals surface area (Å²) in [5.74, 6) is -4.91. The second-order valence-electron chi connectivity index (χ2n) is 8.26. The molecule has 0 saturated carbocycles. The van der Waals surface area contributed by atoms with Crippen LogP contribution in [0.1, 0.15) is 40.5 Å². The third kappa shape index (κ3) is 4.09. The van der Waals surface area contributed by atoms with Crippen LogP contribution in [0.2, 0.25) is 0 Å². The molecule has 1 fully saturated rings. The number of para-hydroxylation sites is 1. The standard InChI is InChI=1S/C24H20FN3O6/c1-14-6-11-17-19(12-14)24(32)27(23(17)31)26(13-21(29)15-7-9-16(25)10-8-15)22(30)18-4-2-3-5-20(18)28(33)34/h2-10,17,19H,11-13H2,1H3/t17-,19+/m0/s1. The summed E-state index contributed by atoms with van der Waals surface area (Å²) in [6, 6.07) is 9.65. The number of carbonyl (C=O) groups excluding carboxylic acids is 4. The Balaban J connectivity index is 1.74. The monoisotopic (exact) mass is 465 g/mol. The van der Waals surface area contributed by atoms with Gasteiger partial charge in [0.25, 0.3) is 23.4 Å². The zero-order valence-corrected chi connectivity index (χ0v) is 18.1. The van der Waals surface area contributed by atoms with E-state index in [0.29, 0.717) is 22.9 Å². The van der Waals surface area contributed by atoms with Crippen molar-refractivity contribution < 1.29 is 28.5 Å². The Labute approximate surface area is 193 Å². The van der Waals surface area contributed by atoms with Gasteiger partial charge in [-0.2, -0.15) is 5.01 Å². The lowest BCUT2D eigenvalue weighted by Crippen LogP contribution is -2.52. The Kier molecular flexibility index (Phi) is 6.06. The molecule has 10 heteroatoms. The molecule has 2 aliphatic rings. The number of fused-ring (bicyclic) bond motifs is 1. The molecule has 0 spiro atoms. The Morgan fingerprint density at radius 1 is 1.09 bits per heavy atom. The SMILES string of the molecule is CC1=CC[C@@H]2C(=O)N(N(CC(=O)c3ccc(F)cc3)C(=O)c3ccccc3[N+](=O)[O-])C(=O)[C@@H]2C1. The summed E-state index contributed by atoms with van der Waals surface area (Å²) in [5.41, 5.74) is 0.0870. The van der Waals surface area contributed by atoms with Gasteiger partial charge in [-0.25, -0.2) is 9.40 Å². The minimum Gasteiger partial charge on any atom is -0.292 e. The highest BCUT2D eigenvalue weighted by Gasteiger charge is 2.52. The van der Waals surface area contributed by atoms with Gasteiger partial charge in [-0.3, -0.25) is 29.3 Å². The largest absolute Gasteiger partial charge is 0.292 e. The van der Waals surface area contributed by atoms with Crippen molar-refractivity contribution in [3.8, 4) is 0 Å². The molecule has 0 bridgehead atoms. The van der Waals surface area contributed by atoms with E-state index in [1.807, 2.05) is 13.0 Å². The Bertz CT molecular complexity index is 1240. The average Bonchev–Trinajstić information content (AvgIpc) is 3.06. The van der Waals surface area contributed by atoms with Gasteiger partial charge in [0.15, 0.2) is 5.78 Å². The van der Waals surface area contributed by atoms with Gasteiger partial charge in [-0.15, -0.1) is 0 Å². The maximum atomic E-state index is 13.5. The summed E-state index contributed by atoms with van der Waals surface area (Å²) < 4.78 is 13.3. The molecule has 2 aromatic rings. The predicted octanol–water partition coefficient (Wildman–Crippen LogP) is 3.32. The predicted molar refractivity (Wildman–Crippen MR) is 117 cm³/mol. The number of ketones is 1. The molecule has 34 heavy (non-hydrogen) atoms. The summed E-state index contributed by atoms with van der Waals surface area (Å²) in [6.45, 7) is 1.10. The maximum absolute atomic E-state index is 13.5. The normalized spacial score (nSPS) is 19.5. The van der Waals surface area contributed by atoms with E-state index in [4.69, 9.17) is 0 Å². The van der Waals surface area contributed by atoms with Gasteiger partial charge in [0.05, 0.1) is 16.8 Å². The van der Waals surface area contributed by atoms with Crippen LogP contribution in [0.25, 0.3) is 0 Å². The summed E-state index contributed by atoms with van der Waals surface area (Å²) in [5, 5.41) is 12.8. The van der Waals surface area contributed by atoms with E-state index in [1.54, 1.807) is 0 Å². The first-order chi connectivity index (χ1) is 16.2. The van der Waals surface area contributed by atoms with Crippen molar-refractivity contribution in [3.63, 3.8) is 0 Å². The summed E-state index contributed by atoms with van der Waals surface area (Å²) in [7, 11) is 0. The fourth-order valence-electron chi connectivity index (χ4n) is 4.31.